The van der Waals surface area contributed by atoms with Crippen molar-refractivity contribution >= 4 is 17.7 Å². The van der Waals surface area contributed by atoms with Crippen molar-refractivity contribution in [1.29, 1.82) is 0 Å². The number of halogens is 9. The molecule has 1 aromatic carbocycles. The molecule has 0 saturated heterocycles. The standard InChI is InChI=1S/C27H28F9N7O2/c1-13(2)45-24(44)43-18-6-7-21(27(34,35)36)37-22(18)20(11-19(43)15-4-5-15)42(23-38-40-41(3)39-23)12-14-8-16(25(28,29)30)10-17(9-14)26(31,32)33/h6-10,13,15,19-20,40H,4-5,11-12H2,1-3H3,(H,38,39). The molecule has 1 saturated carbocycles. The zero-order chi connectivity index (χ0) is 33.1. The van der Waals surface area contributed by atoms with E-state index in [0.717, 1.165) is 6.07 Å². The monoisotopic (exact) mass is 653 g/mol. The normalized spacial score (nSPS) is 20.8. The van der Waals surface area contributed by atoms with Gasteiger partial charge in [0.1, 0.15) is 5.69 Å². The summed E-state index contributed by atoms with van der Waals surface area (Å²) in [6.07, 6.45) is -15.3. The molecule has 1 aromatic heterocycles. The van der Waals surface area contributed by atoms with E-state index in [1.54, 1.807) is 13.8 Å². The number of carbonyl (C=O) groups excluding carboxylic acids is 1. The van der Waals surface area contributed by atoms with Crippen molar-refractivity contribution in [2.24, 2.45) is 11.0 Å². The van der Waals surface area contributed by atoms with Crippen molar-refractivity contribution < 1.29 is 49.0 Å². The molecule has 2 atom stereocenters. The second kappa shape index (κ2) is 11.4. The van der Waals surface area contributed by atoms with Gasteiger partial charge in [0.2, 0.25) is 5.96 Å². The number of anilines is 1. The van der Waals surface area contributed by atoms with Gasteiger partial charge in [0.15, 0.2) is 0 Å². The van der Waals surface area contributed by atoms with Gasteiger partial charge < -0.3 is 9.64 Å². The lowest BCUT2D eigenvalue weighted by atomic mass is 9.90. The van der Waals surface area contributed by atoms with Gasteiger partial charge in [-0.3, -0.25) is 10.3 Å². The lowest BCUT2D eigenvalue weighted by Crippen LogP contribution is -2.52. The average molecular weight is 654 g/mol. The number of hydrazine groups is 2. The molecule has 1 aliphatic carbocycles. The highest BCUT2D eigenvalue weighted by molar-refractivity contribution is 5.90. The van der Waals surface area contributed by atoms with Crippen LogP contribution in [-0.4, -0.2) is 46.2 Å². The number of benzene rings is 1. The molecule has 1 amide bonds. The molecular formula is C27H28F9N7O2. The minimum atomic E-state index is -5.12. The topological polar surface area (TPSA) is 85.3 Å². The van der Waals surface area contributed by atoms with Crippen molar-refractivity contribution in [3.63, 3.8) is 0 Å². The number of fused-ring (bicyclic) bond motifs is 1. The van der Waals surface area contributed by atoms with E-state index in [1.165, 1.54) is 22.0 Å². The molecule has 0 spiro atoms. The first-order valence-corrected chi connectivity index (χ1v) is 13.8. The highest BCUT2D eigenvalue weighted by atomic mass is 19.4. The van der Waals surface area contributed by atoms with Crippen LogP contribution in [0.15, 0.2) is 35.4 Å². The Bertz CT molecular complexity index is 1440. The van der Waals surface area contributed by atoms with Crippen LogP contribution in [0.3, 0.4) is 0 Å². The van der Waals surface area contributed by atoms with Gasteiger partial charge in [-0.05, 0) is 74.9 Å². The molecule has 9 nitrogen and oxygen atoms in total. The van der Waals surface area contributed by atoms with E-state index < -0.39 is 71.7 Å². The molecule has 2 unspecified atom stereocenters. The minimum absolute atomic E-state index is 0.0110. The third kappa shape index (κ3) is 6.99. The number of alkyl halides is 9. The summed E-state index contributed by atoms with van der Waals surface area (Å²) < 4.78 is 129. The van der Waals surface area contributed by atoms with Gasteiger partial charge in [-0.15, -0.1) is 10.2 Å². The van der Waals surface area contributed by atoms with Crippen LogP contribution in [0, 0.1) is 5.92 Å². The Kier molecular flexibility index (Phi) is 8.24. The fraction of sp³-hybridized carbons (Fsp3) is 0.519. The summed E-state index contributed by atoms with van der Waals surface area (Å²) in [6, 6.07) is 1.05. The van der Waals surface area contributed by atoms with Crippen molar-refractivity contribution in [1.82, 2.24) is 26.0 Å². The van der Waals surface area contributed by atoms with Crippen LogP contribution < -0.4 is 15.9 Å². The zero-order valence-electron chi connectivity index (χ0n) is 24.0. The van der Waals surface area contributed by atoms with Gasteiger partial charge in [0, 0.05) is 19.6 Å². The second-order valence-corrected chi connectivity index (χ2v) is 11.3. The zero-order valence-corrected chi connectivity index (χ0v) is 24.0. The van der Waals surface area contributed by atoms with E-state index in [9.17, 15) is 44.3 Å². The number of hydrogen-bond donors (Lipinski definition) is 2. The van der Waals surface area contributed by atoms with Crippen LogP contribution >= 0.6 is 0 Å². The number of hydrazone groups is 1. The lowest BCUT2D eigenvalue weighted by Gasteiger charge is -2.44. The van der Waals surface area contributed by atoms with Crippen LogP contribution in [0.1, 0.15) is 67.2 Å². The third-order valence-corrected chi connectivity index (χ3v) is 7.49. The van der Waals surface area contributed by atoms with Gasteiger partial charge in [0.25, 0.3) is 0 Å². The fourth-order valence-electron chi connectivity index (χ4n) is 5.44. The van der Waals surface area contributed by atoms with Crippen molar-refractivity contribution in [3.05, 3.63) is 58.4 Å². The summed E-state index contributed by atoms with van der Waals surface area (Å²) in [5.74, 6) is -0.194. The SMILES string of the molecule is CC(C)OC(=O)N1c2ccc(C(F)(F)F)nc2C(N(Cc2cc(C(F)(F)F)cc(C(F)(F)F)c2)C2=NNN(C)N2)CC1C1CC1. The van der Waals surface area contributed by atoms with E-state index in [0.29, 0.717) is 31.0 Å². The molecule has 3 heterocycles. The van der Waals surface area contributed by atoms with Crippen molar-refractivity contribution in [3.8, 4) is 0 Å². The van der Waals surface area contributed by atoms with E-state index >= 15 is 0 Å². The molecule has 45 heavy (non-hydrogen) atoms. The number of ether oxygens (including phenoxy) is 1. The number of hydrogen-bond acceptors (Lipinski definition) is 8. The van der Waals surface area contributed by atoms with Crippen molar-refractivity contribution in [2.45, 2.75) is 76.4 Å². The maximum atomic E-state index is 13.9. The summed E-state index contributed by atoms with van der Waals surface area (Å²) in [5.41, 5.74) is 0.142. The maximum Gasteiger partial charge on any atom is 0.433 e. The number of nitrogens with one attached hydrogen (secondary N) is 2. The Morgan fingerprint density at radius 3 is 2.11 bits per heavy atom. The molecular weight excluding hydrogens is 625 g/mol. The molecule has 1 fully saturated rings. The van der Waals surface area contributed by atoms with Gasteiger partial charge in [-0.1, -0.05) is 0 Å². The molecule has 18 heteroatoms. The Labute approximate surface area is 250 Å². The van der Waals surface area contributed by atoms with Crippen LogP contribution in [0.4, 0.5) is 50.0 Å². The number of pyridine rings is 1. The van der Waals surface area contributed by atoms with E-state index in [2.05, 4.69) is 21.0 Å². The van der Waals surface area contributed by atoms with E-state index in [-0.39, 0.29) is 35.7 Å². The number of guanidine groups is 1. The summed E-state index contributed by atoms with van der Waals surface area (Å²) >= 11 is 0. The number of amides is 1. The highest BCUT2D eigenvalue weighted by Gasteiger charge is 2.49. The van der Waals surface area contributed by atoms with Gasteiger partial charge in [-0.2, -0.15) is 39.5 Å². The second-order valence-electron chi connectivity index (χ2n) is 11.3. The van der Waals surface area contributed by atoms with Crippen LogP contribution in [0.5, 0.6) is 0 Å². The van der Waals surface area contributed by atoms with E-state index in [4.69, 9.17) is 4.74 Å². The molecule has 2 N–H and O–H groups in total. The first-order valence-electron chi connectivity index (χ1n) is 13.8. The van der Waals surface area contributed by atoms with Gasteiger partial charge in [-0.25, -0.2) is 15.3 Å². The summed E-state index contributed by atoms with van der Waals surface area (Å²) in [7, 11) is 1.46. The molecule has 3 aliphatic rings. The van der Waals surface area contributed by atoms with Crippen LogP contribution in [0.2, 0.25) is 0 Å². The van der Waals surface area contributed by atoms with Crippen LogP contribution in [0.25, 0.3) is 0 Å². The number of aromatic nitrogens is 1. The highest BCUT2D eigenvalue weighted by Crippen LogP contribution is 2.49. The number of nitrogens with zero attached hydrogens (tertiary/aromatic N) is 5. The first kappa shape index (κ1) is 32.4. The molecule has 2 aliphatic heterocycles. The number of carbonyl (C=O) groups is 1. The largest absolute Gasteiger partial charge is 0.446 e. The molecule has 2 aromatic rings. The maximum absolute atomic E-state index is 13.9. The summed E-state index contributed by atoms with van der Waals surface area (Å²) in [4.78, 5) is 19.7. The summed E-state index contributed by atoms with van der Waals surface area (Å²) in [6.45, 7) is 2.55. The predicted molar refractivity (Wildman–Crippen MR) is 141 cm³/mol. The third-order valence-electron chi connectivity index (χ3n) is 7.49. The molecule has 5 rings (SSSR count). The van der Waals surface area contributed by atoms with Crippen molar-refractivity contribution in [2.75, 3.05) is 11.9 Å². The fourth-order valence-corrected chi connectivity index (χ4v) is 5.44. The van der Waals surface area contributed by atoms with Gasteiger partial charge in [0.05, 0.1) is 34.7 Å². The Hall–Kier alpha value is -3.96. The molecule has 246 valence electrons. The quantitative estimate of drug-likeness (QED) is 0.360. The predicted octanol–water partition coefficient (Wildman–Crippen LogP) is 6.44. The number of rotatable bonds is 5. The summed E-state index contributed by atoms with van der Waals surface area (Å²) in [5, 5.41) is 5.29. The minimum Gasteiger partial charge on any atom is -0.446 e. The Morgan fingerprint density at radius 2 is 1.62 bits per heavy atom. The average Bonchev–Trinajstić information content (AvgIpc) is 3.68. The Balaban J connectivity index is 1.67. The lowest BCUT2D eigenvalue weighted by molar-refractivity contribution is -0.143. The van der Waals surface area contributed by atoms with Gasteiger partial charge >= 0.3 is 24.6 Å². The first-order chi connectivity index (χ1) is 20.8. The van der Waals surface area contributed by atoms with E-state index in [1.807, 2.05) is 0 Å². The molecule has 0 bridgehead atoms. The molecule has 0 radical (unpaired) electrons. The Morgan fingerprint density at radius 1 is 1.00 bits per heavy atom. The smallest absolute Gasteiger partial charge is 0.433 e. The van der Waals surface area contributed by atoms with Crippen LogP contribution in [-0.2, 0) is 29.8 Å².